The molecule has 0 bridgehead atoms. The molecule has 3 rings (SSSR count). The van der Waals surface area contributed by atoms with E-state index in [1.54, 1.807) is 41.0 Å². The normalized spacial score (nSPS) is 15.1. The first kappa shape index (κ1) is 20.3. The largest absolute Gasteiger partial charge is 0.490 e. The molecule has 0 saturated carbocycles. The van der Waals surface area contributed by atoms with Gasteiger partial charge in [-0.05, 0) is 12.1 Å². The van der Waals surface area contributed by atoms with Gasteiger partial charge in [-0.2, -0.15) is 5.10 Å². The first-order valence-electron chi connectivity index (χ1n) is 8.81. The van der Waals surface area contributed by atoms with Crippen LogP contribution >= 0.6 is 23.2 Å². The summed E-state index contributed by atoms with van der Waals surface area (Å²) in [6.07, 6.45) is 3.53. The van der Waals surface area contributed by atoms with Crippen molar-refractivity contribution in [2.75, 3.05) is 44.7 Å². The predicted molar refractivity (Wildman–Crippen MR) is 110 cm³/mol. The van der Waals surface area contributed by atoms with Gasteiger partial charge in [0.05, 0.1) is 23.5 Å². The van der Waals surface area contributed by atoms with E-state index in [4.69, 9.17) is 27.9 Å². The number of aliphatic imine (C=N–C) groups is 1. The number of carbonyl (C=O) groups is 1. The van der Waals surface area contributed by atoms with Crippen molar-refractivity contribution in [1.82, 2.24) is 20.0 Å². The van der Waals surface area contributed by atoms with Crippen LogP contribution in [0.2, 0.25) is 10.0 Å². The summed E-state index contributed by atoms with van der Waals surface area (Å²) in [5.74, 6) is 1.19. The van der Waals surface area contributed by atoms with Crippen LogP contribution in [0.15, 0.2) is 35.6 Å². The van der Waals surface area contributed by atoms with Crippen LogP contribution in [0.4, 0.5) is 5.69 Å². The Hall–Kier alpha value is -2.45. The van der Waals surface area contributed by atoms with Crippen LogP contribution in [0, 0.1) is 0 Å². The molecule has 1 amide bonds. The average Bonchev–Trinajstić information content (AvgIpc) is 3.11. The fraction of sp³-hybridized carbons (Fsp3) is 0.389. The molecule has 1 aliphatic heterocycles. The smallest absolute Gasteiger partial charge is 0.246 e. The molecule has 1 aliphatic rings. The molecule has 1 N–H and O–H groups in total. The number of rotatable bonds is 5. The summed E-state index contributed by atoms with van der Waals surface area (Å²) < 4.78 is 7.34. The zero-order chi connectivity index (χ0) is 20.1. The summed E-state index contributed by atoms with van der Waals surface area (Å²) >= 11 is 12.1. The highest BCUT2D eigenvalue weighted by atomic mass is 35.5. The number of amides is 1. The predicted octanol–water partition coefficient (Wildman–Crippen LogP) is 2.03. The number of ether oxygens (including phenoxy) is 1. The Morgan fingerprint density at radius 1 is 1.36 bits per heavy atom. The topological polar surface area (TPSA) is 75.0 Å². The first-order chi connectivity index (χ1) is 13.5. The van der Waals surface area contributed by atoms with E-state index in [2.05, 4.69) is 15.4 Å². The second-order valence-electron chi connectivity index (χ2n) is 6.21. The van der Waals surface area contributed by atoms with E-state index < -0.39 is 0 Å². The van der Waals surface area contributed by atoms with Crippen LogP contribution in [0.25, 0.3) is 0 Å². The molecular formula is C18H22Cl2N6O2. The van der Waals surface area contributed by atoms with E-state index in [9.17, 15) is 4.79 Å². The molecule has 1 fully saturated rings. The third kappa shape index (κ3) is 4.69. The summed E-state index contributed by atoms with van der Waals surface area (Å²) in [4.78, 5) is 20.5. The molecule has 2 aromatic rings. The Morgan fingerprint density at radius 3 is 2.86 bits per heavy atom. The van der Waals surface area contributed by atoms with Gasteiger partial charge in [0.2, 0.25) is 5.91 Å². The number of anilines is 1. The van der Waals surface area contributed by atoms with E-state index >= 15 is 0 Å². The standard InChI is InChI=1S/C18H22Cl2N6O2/c1-21-18(22-6-9-28-15-5-3-4-14(19)17(15)20)25-7-8-26(16(27)12-25)13-10-23-24(2)11-13/h3-5,10-11H,6-9,12H2,1-2H3,(H,21,22). The van der Waals surface area contributed by atoms with Crippen molar-refractivity contribution >= 4 is 40.8 Å². The molecule has 150 valence electrons. The lowest BCUT2D eigenvalue weighted by Crippen LogP contribution is -2.55. The molecule has 1 saturated heterocycles. The number of aryl methyl sites for hydroxylation is 1. The molecule has 0 aliphatic carbocycles. The maximum atomic E-state index is 12.5. The van der Waals surface area contributed by atoms with Crippen LogP contribution in [0.5, 0.6) is 5.75 Å². The highest BCUT2D eigenvalue weighted by Crippen LogP contribution is 2.31. The Kier molecular flexibility index (Phi) is 6.64. The second-order valence-corrected chi connectivity index (χ2v) is 7.00. The molecule has 8 nitrogen and oxygen atoms in total. The average molecular weight is 425 g/mol. The van der Waals surface area contributed by atoms with E-state index in [1.165, 1.54) is 0 Å². The number of piperazine rings is 1. The molecule has 1 aromatic carbocycles. The number of guanidine groups is 1. The van der Waals surface area contributed by atoms with Crippen LogP contribution in [0.3, 0.4) is 0 Å². The molecule has 0 atom stereocenters. The van der Waals surface area contributed by atoms with Gasteiger partial charge in [0.25, 0.3) is 0 Å². The van der Waals surface area contributed by atoms with Crippen molar-refractivity contribution in [3.05, 3.63) is 40.6 Å². The minimum absolute atomic E-state index is 0.00385. The lowest BCUT2D eigenvalue weighted by molar-refractivity contribution is -0.120. The van der Waals surface area contributed by atoms with Crippen LogP contribution < -0.4 is 15.0 Å². The number of nitrogens with one attached hydrogen (secondary N) is 1. The summed E-state index contributed by atoms with van der Waals surface area (Å²) in [5, 5.41) is 8.18. The van der Waals surface area contributed by atoms with Gasteiger partial charge >= 0.3 is 0 Å². The van der Waals surface area contributed by atoms with E-state index in [1.807, 2.05) is 18.1 Å². The van der Waals surface area contributed by atoms with Crippen LogP contribution in [-0.4, -0.2) is 66.4 Å². The van der Waals surface area contributed by atoms with Gasteiger partial charge in [-0.15, -0.1) is 0 Å². The Bertz CT molecular complexity index is 870. The summed E-state index contributed by atoms with van der Waals surface area (Å²) in [5.41, 5.74) is 0.807. The highest BCUT2D eigenvalue weighted by molar-refractivity contribution is 6.42. The van der Waals surface area contributed by atoms with Gasteiger partial charge in [0, 0.05) is 33.4 Å². The second kappa shape index (κ2) is 9.16. The third-order valence-electron chi connectivity index (χ3n) is 4.29. The fourth-order valence-corrected chi connectivity index (χ4v) is 3.27. The van der Waals surface area contributed by atoms with E-state index in [0.717, 1.165) is 5.69 Å². The number of carbonyl (C=O) groups excluding carboxylic acids is 1. The quantitative estimate of drug-likeness (QED) is 0.451. The highest BCUT2D eigenvalue weighted by Gasteiger charge is 2.27. The molecule has 0 radical (unpaired) electrons. The van der Waals surface area contributed by atoms with Crippen molar-refractivity contribution in [1.29, 1.82) is 0 Å². The molecular weight excluding hydrogens is 403 g/mol. The fourth-order valence-electron chi connectivity index (χ4n) is 2.93. The minimum Gasteiger partial charge on any atom is -0.490 e. The van der Waals surface area contributed by atoms with Gasteiger partial charge in [-0.25, -0.2) is 0 Å². The van der Waals surface area contributed by atoms with Crippen molar-refractivity contribution < 1.29 is 9.53 Å². The number of nitrogens with zero attached hydrogens (tertiary/aromatic N) is 5. The third-order valence-corrected chi connectivity index (χ3v) is 5.10. The maximum absolute atomic E-state index is 12.5. The number of halogens is 2. The van der Waals surface area contributed by atoms with Crippen LogP contribution in [0.1, 0.15) is 0 Å². The number of aromatic nitrogens is 2. The van der Waals surface area contributed by atoms with Crippen molar-refractivity contribution in [3.8, 4) is 5.75 Å². The zero-order valence-corrected chi connectivity index (χ0v) is 17.2. The van der Waals surface area contributed by atoms with Gasteiger partial charge in [-0.1, -0.05) is 29.3 Å². The maximum Gasteiger partial charge on any atom is 0.246 e. The SMILES string of the molecule is CN=C(NCCOc1cccc(Cl)c1Cl)N1CCN(c2cnn(C)c2)C(=O)C1. The molecule has 2 heterocycles. The monoisotopic (exact) mass is 424 g/mol. The Morgan fingerprint density at radius 2 is 2.18 bits per heavy atom. The van der Waals surface area contributed by atoms with Crippen molar-refractivity contribution in [2.45, 2.75) is 0 Å². The molecule has 10 heteroatoms. The molecule has 28 heavy (non-hydrogen) atoms. The van der Waals surface area contributed by atoms with E-state index in [0.29, 0.717) is 48.0 Å². The lowest BCUT2D eigenvalue weighted by atomic mass is 10.3. The van der Waals surface area contributed by atoms with Gasteiger partial charge in [0.1, 0.15) is 23.9 Å². The summed E-state index contributed by atoms with van der Waals surface area (Å²) in [7, 11) is 3.52. The summed E-state index contributed by atoms with van der Waals surface area (Å²) in [6, 6.07) is 5.25. The van der Waals surface area contributed by atoms with Crippen molar-refractivity contribution in [2.24, 2.45) is 12.0 Å². The Labute approximate surface area is 173 Å². The number of hydrogen-bond donors (Lipinski definition) is 1. The lowest BCUT2D eigenvalue weighted by Gasteiger charge is -2.35. The summed E-state index contributed by atoms with van der Waals surface area (Å²) in [6.45, 7) is 2.37. The van der Waals surface area contributed by atoms with Gasteiger partial charge < -0.3 is 19.9 Å². The molecule has 1 aromatic heterocycles. The van der Waals surface area contributed by atoms with Gasteiger partial charge in [0.15, 0.2) is 5.96 Å². The van der Waals surface area contributed by atoms with Crippen LogP contribution in [-0.2, 0) is 11.8 Å². The van der Waals surface area contributed by atoms with Gasteiger partial charge in [-0.3, -0.25) is 14.5 Å². The molecule has 0 unspecified atom stereocenters. The Balaban J connectivity index is 1.49. The molecule has 0 spiro atoms. The van der Waals surface area contributed by atoms with Crippen molar-refractivity contribution in [3.63, 3.8) is 0 Å². The minimum atomic E-state index is 0.00385. The number of hydrogen-bond acceptors (Lipinski definition) is 4. The zero-order valence-electron chi connectivity index (χ0n) is 15.7. The first-order valence-corrected chi connectivity index (χ1v) is 9.56. The number of benzene rings is 1. The van der Waals surface area contributed by atoms with E-state index in [-0.39, 0.29) is 12.5 Å².